The normalized spacial score (nSPS) is 15.1. The molecule has 0 aliphatic carbocycles. The number of rotatable bonds is 8. The number of benzene rings is 3. The van der Waals surface area contributed by atoms with Gasteiger partial charge in [0.25, 0.3) is 5.91 Å². The second-order valence-corrected chi connectivity index (χ2v) is 8.03. The van der Waals surface area contributed by atoms with Gasteiger partial charge in [-0.1, -0.05) is 24.3 Å². The first-order valence-corrected chi connectivity index (χ1v) is 10.8. The molecule has 172 valence electrons. The number of carbonyl (C=O) groups excluding carboxylic acids is 1. The number of anilines is 2. The summed E-state index contributed by atoms with van der Waals surface area (Å²) < 4.78 is 16.8. The van der Waals surface area contributed by atoms with Crippen molar-refractivity contribution in [1.29, 1.82) is 0 Å². The predicted octanol–water partition coefficient (Wildman–Crippen LogP) is 4.42. The molecule has 0 saturated heterocycles. The third kappa shape index (κ3) is 4.73. The molecule has 0 spiro atoms. The minimum atomic E-state index is -0.425. The molecule has 0 saturated carbocycles. The number of fused-ring (bicyclic) bond motifs is 1. The molecule has 7 nitrogen and oxygen atoms in total. The lowest BCUT2D eigenvalue weighted by atomic mass is 10.0. The number of amides is 1. The fourth-order valence-corrected chi connectivity index (χ4v) is 3.81. The Morgan fingerprint density at radius 1 is 0.939 bits per heavy atom. The fraction of sp³-hybridized carbons (Fsp3) is 0.269. The maximum Gasteiger partial charge on any atom is 0.262 e. The van der Waals surface area contributed by atoms with Crippen LogP contribution in [0.2, 0.25) is 0 Å². The van der Waals surface area contributed by atoms with E-state index in [2.05, 4.69) is 10.2 Å². The molecule has 0 fully saturated rings. The maximum absolute atomic E-state index is 13.7. The van der Waals surface area contributed by atoms with Crippen molar-refractivity contribution >= 4 is 17.3 Å². The molecule has 1 amide bonds. The van der Waals surface area contributed by atoms with Crippen molar-refractivity contribution in [2.45, 2.75) is 6.17 Å². The van der Waals surface area contributed by atoms with E-state index in [9.17, 15) is 4.79 Å². The van der Waals surface area contributed by atoms with Crippen molar-refractivity contribution in [3.8, 4) is 17.2 Å². The first kappa shape index (κ1) is 22.5. The Balaban J connectivity index is 1.71. The van der Waals surface area contributed by atoms with Crippen molar-refractivity contribution in [2.75, 3.05) is 51.7 Å². The second-order valence-electron chi connectivity index (χ2n) is 8.03. The van der Waals surface area contributed by atoms with Crippen molar-refractivity contribution in [3.05, 3.63) is 77.9 Å². The highest BCUT2D eigenvalue weighted by Crippen LogP contribution is 2.42. The number of hydrogen-bond donors (Lipinski definition) is 1. The Morgan fingerprint density at radius 3 is 2.36 bits per heavy atom. The quantitative estimate of drug-likeness (QED) is 0.552. The summed E-state index contributed by atoms with van der Waals surface area (Å²) in [6.45, 7) is 1.44. The lowest BCUT2D eigenvalue weighted by Crippen LogP contribution is -2.43. The summed E-state index contributed by atoms with van der Waals surface area (Å²) in [5.74, 6) is 1.89. The third-order valence-corrected chi connectivity index (χ3v) is 5.58. The zero-order valence-corrected chi connectivity index (χ0v) is 19.4. The topological polar surface area (TPSA) is 63.3 Å². The van der Waals surface area contributed by atoms with Crippen LogP contribution in [0.25, 0.3) is 0 Å². The monoisotopic (exact) mass is 447 g/mol. The van der Waals surface area contributed by atoms with Gasteiger partial charge in [-0.15, -0.1) is 0 Å². The number of methoxy groups -OCH3 is 2. The highest BCUT2D eigenvalue weighted by atomic mass is 16.5. The van der Waals surface area contributed by atoms with Crippen LogP contribution in [0, 0.1) is 0 Å². The first-order chi connectivity index (χ1) is 16.0. The standard InChI is InChI=1S/C26H29N3O4/c1-28(2)15-16-33-19-11-9-18(10-12-19)25-27-22-8-6-5-7-21(22)26(30)29(25)23-14-13-20(31-3)17-24(23)32-4/h5-14,17,25,27H,15-16H2,1-4H3. The van der Waals surface area contributed by atoms with Gasteiger partial charge in [-0.3, -0.25) is 9.69 Å². The Morgan fingerprint density at radius 2 is 1.67 bits per heavy atom. The number of para-hydroxylation sites is 1. The van der Waals surface area contributed by atoms with Crippen LogP contribution < -0.4 is 24.4 Å². The molecule has 1 unspecified atom stereocenters. The molecule has 7 heteroatoms. The van der Waals surface area contributed by atoms with Crippen LogP contribution in [0.3, 0.4) is 0 Å². The number of nitrogens with one attached hydrogen (secondary N) is 1. The van der Waals surface area contributed by atoms with Crippen molar-refractivity contribution in [1.82, 2.24) is 4.90 Å². The molecule has 1 atom stereocenters. The molecule has 1 aliphatic heterocycles. The molecule has 0 bridgehead atoms. The van der Waals surface area contributed by atoms with Crippen LogP contribution in [0.1, 0.15) is 22.1 Å². The summed E-state index contributed by atoms with van der Waals surface area (Å²) >= 11 is 0. The van der Waals surface area contributed by atoms with Crippen LogP contribution >= 0.6 is 0 Å². The van der Waals surface area contributed by atoms with Gasteiger partial charge < -0.3 is 24.4 Å². The molecule has 3 aromatic rings. The molecule has 0 radical (unpaired) electrons. The summed E-state index contributed by atoms with van der Waals surface area (Å²) in [5, 5.41) is 3.52. The second kappa shape index (κ2) is 9.83. The van der Waals surface area contributed by atoms with E-state index in [1.54, 1.807) is 25.2 Å². The van der Waals surface area contributed by atoms with Gasteiger partial charge in [0.15, 0.2) is 0 Å². The summed E-state index contributed by atoms with van der Waals surface area (Å²) in [6.07, 6.45) is -0.425. The minimum absolute atomic E-state index is 0.107. The zero-order valence-electron chi connectivity index (χ0n) is 19.4. The van der Waals surface area contributed by atoms with Gasteiger partial charge in [-0.25, -0.2) is 0 Å². The zero-order chi connectivity index (χ0) is 23.4. The smallest absolute Gasteiger partial charge is 0.262 e. The summed E-state index contributed by atoms with van der Waals surface area (Å²) in [4.78, 5) is 17.5. The van der Waals surface area contributed by atoms with Crippen molar-refractivity contribution in [2.24, 2.45) is 0 Å². The van der Waals surface area contributed by atoms with Gasteiger partial charge in [-0.2, -0.15) is 0 Å². The van der Waals surface area contributed by atoms with Gasteiger partial charge in [0.05, 0.1) is 25.5 Å². The maximum atomic E-state index is 13.7. The Kier molecular flexibility index (Phi) is 6.70. The molecule has 1 aliphatic rings. The molecular weight excluding hydrogens is 418 g/mol. The Hall–Kier alpha value is -3.71. The highest BCUT2D eigenvalue weighted by molar-refractivity contribution is 6.12. The van der Waals surface area contributed by atoms with E-state index in [-0.39, 0.29) is 5.91 Å². The van der Waals surface area contributed by atoms with Gasteiger partial charge in [0, 0.05) is 18.3 Å². The molecule has 0 aromatic heterocycles. The van der Waals surface area contributed by atoms with E-state index in [0.29, 0.717) is 29.4 Å². The van der Waals surface area contributed by atoms with E-state index in [1.807, 2.05) is 74.8 Å². The van der Waals surface area contributed by atoms with Crippen molar-refractivity contribution in [3.63, 3.8) is 0 Å². The molecule has 1 N–H and O–H groups in total. The van der Waals surface area contributed by atoms with Crippen LogP contribution in [0.5, 0.6) is 17.2 Å². The molecule has 4 rings (SSSR count). The van der Waals surface area contributed by atoms with E-state index < -0.39 is 6.17 Å². The Bertz CT molecular complexity index is 1110. The summed E-state index contributed by atoms with van der Waals surface area (Å²) in [5.41, 5.74) is 2.98. The minimum Gasteiger partial charge on any atom is -0.497 e. The van der Waals surface area contributed by atoms with Gasteiger partial charge in [-0.05, 0) is 56.1 Å². The predicted molar refractivity (Wildman–Crippen MR) is 130 cm³/mol. The lowest BCUT2D eigenvalue weighted by Gasteiger charge is -2.38. The van der Waals surface area contributed by atoms with E-state index in [0.717, 1.165) is 23.5 Å². The lowest BCUT2D eigenvalue weighted by molar-refractivity contribution is 0.0974. The van der Waals surface area contributed by atoms with E-state index >= 15 is 0 Å². The average molecular weight is 448 g/mol. The first-order valence-electron chi connectivity index (χ1n) is 10.8. The third-order valence-electron chi connectivity index (χ3n) is 5.58. The number of nitrogens with zero attached hydrogens (tertiary/aromatic N) is 2. The highest BCUT2D eigenvalue weighted by Gasteiger charge is 2.35. The summed E-state index contributed by atoms with van der Waals surface area (Å²) in [7, 11) is 7.21. The van der Waals surface area contributed by atoms with Crippen LogP contribution in [0.15, 0.2) is 66.7 Å². The van der Waals surface area contributed by atoms with E-state index in [1.165, 1.54) is 0 Å². The average Bonchev–Trinajstić information content (AvgIpc) is 2.84. The number of ether oxygens (including phenoxy) is 3. The number of hydrogen-bond acceptors (Lipinski definition) is 6. The van der Waals surface area contributed by atoms with E-state index in [4.69, 9.17) is 14.2 Å². The summed E-state index contributed by atoms with van der Waals surface area (Å²) in [6, 6.07) is 20.8. The molecule has 3 aromatic carbocycles. The SMILES string of the molecule is COc1ccc(N2C(=O)c3ccccc3NC2c2ccc(OCCN(C)C)cc2)c(OC)c1. The van der Waals surface area contributed by atoms with Crippen LogP contribution in [-0.2, 0) is 0 Å². The number of carbonyl (C=O) groups is 1. The van der Waals surface area contributed by atoms with Crippen LogP contribution in [-0.4, -0.2) is 52.3 Å². The Labute approximate surface area is 194 Å². The van der Waals surface area contributed by atoms with Crippen molar-refractivity contribution < 1.29 is 19.0 Å². The molecule has 1 heterocycles. The fourth-order valence-electron chi connectivity index (χ4n) is 3.81. The molecular formula is C26H29N3O4. The largest absolute Gasteiger partial charge is 0.497 e. The van der Waals surface area contributed by atoms with Gasteiger partial charge in [0.1, 0.15) is 30.0 Å². The number of likely N-dealkylation sites (N-methyl/N-ethyl adjacent to an activating group) is 1. The van der Waals surface area contributed by atoms with Crippen LogP contribution in [0.4, 0.5) is 11.4 Å². The van der Waals surface area contributed by atoms with Gasteiger partial charge in [0.2, 0.25) is 0 Å². The van der Waals surface area contributed by atoms with Gasteiger partial charge >= 0.3 is 0 Å². The molecule has 33 heavy (non-hydrogen) atoms.